The van der Waals surface area contributed by atoms with Crippen molar-refractivity contribution in [1.29, 1.82) is 0 Å². The molecular weight excluding hydrogens is 304 g/mol. The molecule has 0 heterocycles. The summed E-state index contributed by atoms with van der Waals surface area (Å²) in [6.07, 6.45) is 0. The molecule has 0 aliphatic rings. The largest absolute Gasteiger partial charge is 0.496 e. The van der Waals surface area contributed by atoms with Crippen LogP contribution in [0.25, 0.3) is 0 Å². The van der Waals surface area contributed by atoms with Gasteiger partial charge in [-0.05, 0) is 25.1 Å². The number of alkyl halides is 2. The van der Waals surface area contributed by atoms with Crippen LogP contribution in [0.5, 0.6) is 11.5 Å². The number of halogens is 2. The molecule has 0 saturated heterocycles. The van der Waals surface area contributed by atoms with Gasteiger partial charge in [-0.3, -0.25) is 0 Å². The van der Waals surface area contributed by atoms with Crippen molar-refractivity contribution >= 4 is 5.71 Å². The van der Waals surface area contributed by atoms with E-state index in [1.54, 1.807) is 32.2 Å². The Labute approximate surface area is 133 Å². The molecule has 4 nitrogen and oxygen atoms in total. The summed E-state index contributed by atoms with van der Waals surface area (Å²) in [7, 11) is 1.57. The number of hydrogen-bond acceptors (Lipinski definition) is 4. The minimum Gasteiger partial charge on any atom is -0.496 e. The smallest absolute Gasteiger partial charge is 0.387 e. The van der Waals surface area contributed by atoms with E-state index in [4.69, 9.17) is 9.57 Å². The molecule has 0 aliphatic heterocycles. The lowest BCUT2D eigenvalue weighted by atomic mass is 10.1. The molecule has 122 valence electrons. The third-order valence-corrected chi connectivity index (χ3v) is 3.11. The monoisotopic (exact) mass is 321 g/mol. The van der Waals surface area contributed by atoms with E-state index in [1.807, 2.05) is 24.3 Å². The van der Waals surface area contributed by atoms with Gasteiger partial charge in [0.2, 0.25) is 0 Å². The Morgan fingerprint density at radius 2 is 1.70 bits per heavy atom. The SMILES string of the molecule is COc1ccccc1CO/N=C(\C)c1ccccc1OC(F)F. The molecule has 23 heavy (non-hydrogen) atoms. The first kappa shape index (κ1) is 16.7. The Hall–Kier alpha value is -2.63. The summed E-state index contributed by atoms with van der Waals surface area (Å²) in [6.45, 7) is -1.02. The fourth-order valence-electron chi connectivity index (χ4n) is 2.03. The predicted octanol–water partition coefficient (Wildman–Crippen LogP) is 4.24. The molecule has 2 aromatic rings. The summed E-state index contributed by atoms with van der Waals surface area (Å²) in [6, 6.07) is 13.8. The van der Waals surface area contributed by atoms with Crippen molar-refractivity contribution in [3.8, 4) is 11.5 Å². The van der Waals surface area contributed by atoms with Crippen LogP contribution in [0.15, 0.2) is 53.7 Å². The summed E-state index contributed by atoms with van der Waals surface area (Å²) in [5, 5.41) is 3.97. The number of hydrogen-bond donors (Lipinski definition) is 0. The first-order valence-electron chi connectivity index (χ1n) is 6.94. The highest BCUT2D eigenvalue weighted by molar-refractivity contribution is 6.00. The first-order valence-corrected chi connectivity index (χ1v) is 6.94. The second kappa shape index (κ2) is 8.12. The maximum Gasteiger partial charge on any atom is 0.387 e. The van der Waals surface area contributed by atoms with E-state index in [2.05, 4.69) is 9.89 Å². The number of para-hydroxylation sites is 2. The van der Waals surface area contributed by atoms with Gasteiger partial charge >= 0.3 is 6.61 Å². The molecule has 0 atom stereocenters. The minimum atomic E-state index is -2.89. The lowest BCUT2D eigenvalue weighted by molar-refractivity contribution is -0.0499. The van der Waals surface area contributed by atoms with E-state index in [0.29, 0.717) is 17.0 Å². The fraction of sp³-hybridized carbons (Fsp3) is 0.235. The molecule has 0 fully saturated rings. The zero-order chi connectivity index (χ0) is 16.7. The molecular formula is C17H17F2NO3. The van der Waals surface area contributed by atoms with Gasteiger partial charge in [-0.2, -0.15) is 8.78 Å². The van der Waals surface area contributed by atoms with Crippen LogP contribution in [0.4, 0.5) is 8.78 Å². The molecule has 0 aromatic heterocycles. The molecule has 0 amide bonds. The van der Waals surface area contributed by atoms with E-state index >= 15 is 0 Å². The summed E-state index contributed by atoms with van der Waals surface area (Å²) < 4.78 is 34.5. The van der Waals surface area contributed by atoms with Crippen molar-refractivity contribution in [2.75, 3.05) is 7.11 Å². The molecule has 0 saturated carbocycles. The average molecular weight is 321 g/mol. The van der Waals surface area contributed by atoms with Crippen molar-refractivity contribution in [2.24, 2.45) is 5.16 Å². The standard InChI is InChI=1S/C17H17F2NO3/c1-12(14-8-4-6-10-16(14)23-17(18)19)20-22-11-13-7-3-5-9-15(13)21-2/h3-10,17H,11H2,1-2H3/b20-12+. The van der Waals surface area contributed by atoms with Crippen molar-refractivity contribution in [1.82, 2.24) is 0 Å². The second-order valence-corrected chi connectivity index (χ2v) is 4.64. The van der Waals surface area contributed by atoms with Gasteiger partial charge in [0, 0.05) is 11.1 Å². The lowest BCUT2D eigenvalue weighted by Crippen LogP contribution is -2.07. The molecule has 0 spiro atoms. The van der Waals surface area contributed by atoms with Crippen LogP contribution in [0, 0.1) is 0 Å². The number of rotatable bonds is 7. The molecule has 0 radical (unpaired) electrons. The fourth-order valence-corrected chi connectivity index (χ4v) is 2.03. The molecule has 6 heteroatoms. The number of nitrogens with zero attached hydrogens (tertiary/aromatic N) is 1. The van der Waals surface area contributed by atoms with Gasteiger partial charge < -0.3 is 14.3 Å². The average Bonchev–Trinajstić information content (AvgIpc) is 2.55. The Kier molecular flexibility index (Phi) is 5.91. The van der Waals surface area contributed by atoms with Crippen LogP contribution in [0.2, 0.25) is 0 Å². The lowest BCUT2D eigenvalue weighted by Gasteiger charge is -2.10. The second-order valence-electron chi connectivity index (χ2n) is 4.64. The Balaban J connectivity index is 2.08. The van der Waals surface area contributed by atoms with Crippen LogP contribution in [-0.2, 0) is 11.4 Å². The predicted molar refractivity (Wildman–Crippen MR) is 83.1 cm³/mol. The third kappa shape index (κ3) is 4.67. The van der Waals surface area contributed by atoms with Gasteiger partial charge in [0.1, 0.15) is 18.1 Å². The van der Waals surface area contributed by atoms with Gasteiger partial charge in [-0.15, -0.1) is 0 Å². The highest BCUT2D eigenvalue weighted by Crippen LogP contribution is 2.22. The van der Waals surface area contributed by atoms with Crippen LogP contribution < -0.4 is 9.47 Å². The summed E-state index contributed by atoms with van der Waals surface area (Å²) in [5.41, 5.74) is 1.73. The van der Waals surface area contributed by atoms with E-state index < -0.39 is 6.61 Å². The summed E-state index contributed by atoms with van der Waals surface area (Å²) in [5.74, 6) is 0.756. The zero-order valence-corrected chi connectivity index (χ0v) is 12.8. The molecule has 0 N–H and O–H groups in total. The van der Waals surface area contributed by atoms with Crippen molar-refractivity contribution < 1.29 is 23.1 Å². The first-order chi connectivity index (χ1) is 11.1. The van der Waals surface area contributed by atoms with Crippen molar-refractivity contribution in [3.63, 3.8) is 0 Å². The van der Waals surface area contributed by atoms with Gasteiger partial charge in [0.25, 0.3) is 0 Å². The van der Waals surface area contributed by atoms with Crippen molar-refractivity contribution in [2.45, 2.75) is 20.1 Å². The van der Waals surface area contributed by atoms with Gasteiger partial charge in [-0.25, -0.2) is 0 Å². The summed E-state index contributed by atoms with van der Waals surface area (Å²) >= 11 is 0. The Morgan fingerprint density at radius 3 is 2.39 bits per heavy atom. The maximum absolute atomic E-state index is 12.4. The molecule has 0 unspecified atom stereocenters. The van der Waals surface area contributed by atoms with Crippen molar-refractivity contribution in [3.05, 3.63) is 59.7 Å². The van der Waals surface area contributed by atoms with Crippen LogP contribution in [0.1, 0.15) is 18.1 Å². The van der Waals surface area contributed by atoms with E-state index in [9.17, 15) is 8.78 Å². The minimum absolute atomic E-state index is 0.0599. The number of ether oxygens (including phenoxy) is 2. The number of oxime groups is 1. The summed E-state index contributed by atoms with van der Waals surface area (Å²) in [4.78, 5) is 5.30. The Morgan fingerprint density at radius 1 is 1.04 bits per heavy atom. The highest BCUT2D eigenvalue weighted by Gasteiger charge is 2.11. The van der Waals surface area contributed by atoms with E-state index in [0.717, 1.165) is 5.56 Å². The zero-order valence-electron chi connectivity index (χ0n) is 12.8. The maximum atomic E-state index is 12.4. The van der Waals surface area contributed by atoms with Crippen LogP contribution >= 0.6 is 0 Å². The van der Waals surface area contributed by atoms with Crippen LogP contribution in [-0.4, -0.2) is 19.4 Å². The number of methoxy groups -OCH3 is 1. The quantitative estimate of drug-likeness (QED) is 0.566. The topological polar surface area (TPSA) is 40.0 Å². The van der Waals surface area contributed by atoms with E-state index in [1.165, 1.54) is 6.07 Å². The van der Waals surface area contributed by atoms with Crippen LogP contribution in [0.3, 0.4) is 0 Å². The molecule has 2 aromatic carbocycles. The van der Waals surface area contributed by atoms with Gasteiger partial charge in [0.05, 0.1) is 12.8 Å². The van der Waals surface area contributed by atoms with E-state index in [-0.39, 0.29) is 12.4 Å². The Bertz CT molecular complexity index is 674. The number of benzene rings is 2. The van der Waals surface area contributed by atoms with Gasteiger partial charge in [0.15, 0.2) is 0 Å². The normalized spacial score (nSPS) is 11.4. The third-order valence-electron chi connectivity index (χ3n) is 3.11. The van der Waals surface area contributed by atoms with Gasteiger partial charge in [-0.1, -0.05) is 35.5 Å². The molecule has 0 bridgehead atoms. The molecule has 2 rings (SSSR count). The molecule has 0 aliphatic carbocycles. The highest BCUT2D eigenvalue weighted by atomic mass is 19.3.